The summed E-state index contributed by atoms with van der Waals surface area (Å²) < 4.78 is 5.26. The maximum absolute atomic E-state index is 12.3. The lowest BCUT2D eigenvalue weighted by molar-refractivity contribution is -0.123. The van der Waals surface area contributed by atoms with Crippen molar-refractivity contribution in [1.29, 1.82) is 0 Å². The molecular weight excluding hydrogens is 318 g/mol. The van der Waals surface area contributed by atoms with Crippen LogP contribution in [0.5, 0.6) is 0 Å². The second kappa shape index (κ2) is 7.75. The van der Waals surface area contributed by atoms with Crippen LogP contribution in [-0.2, 0) is 9.53 Å². The van der Waals surface area contributed by atoms with Crippen LogP contribution in [0.2, 0.25) is 0 Å². The highest BCUT2D eigenvalue weighted by Crippen LogP contribution is 2.15. The minimum atomic E-state index is -0.945. The summed E-state index contributed by atoms with van der Waals surface area (Å²) in [6.45, 7) is 6.74. The van der Waals surface area contributed by atoms with E-state index in [0.717, 1.165) is 11.1 Å². The Hall–Kier alpha value is -2.95. The summed E-state index contributed by atoms with van der Waals surface area (Å²) >= 11 is 0. The van der Waals surface area contributed by atoms with E-state index in [0.29, 0.717) is 16.8 Å². The third-order valence-corrected chi connectivity index (χ3v) is 4.04. The molecule has 1 amide bonds. The zero-order chi connectivity index (χ0) is 18.6. The molecule has 0 aromatic heterocycles. The summed E-state index contributed by atoms with van der Waals surface area (Å²) in [6.07, 6.45) is -0.945. The zero-order valence-electron chi connectivity index (χ0n) is 14.8. The third-order valence-electron chi connectivity index (χ3n) is 4.04. The van der Waals surface area contributed by atoms with Crippen LogP contribution in [0.3, 0.4) is 0 Å². The Morgan fingerprint density at radius 1 is 1.00 bits per heavy atom. The largest absolute Gasteiger partial charge is 0.449 e. The molecule has 5 nitrogen and oxygen atoms in total. The Kier molecular flexibility index (Phi) is 5.70. The van der Waals surface area contributed by atoms with Gasteiger partial charge in [0.2, 0.25) is 0 Å². The highest BCUT2D eigenvalue weighted by Gasteiger charge is 2.20. The lowest BCUT2D eigenvalue weighted by atomic mass is 10.0. The number of ether oxygens (including phenoxy) is 1. The van der Waals surface area contributed by atoms with Gasteiger partial charge in [0.15, 0.2) is 11.9 Å². The number of carbonyl (C=O) groups excluding carboxylic acids is 3. The number of rotatable bonds is 5. The summed E-state index contributed by atoms with van der Waals surface area (Å²) in [5, 5.41) is 2.66. The van der Waals surface area contributed by atoms with Gasteiger partial charge < -0.3 is 10.1 Å². The molecule has 0 saturated carbocycles. The molecule has 130 valence electrons. The highest BCUT2D eigenvalue weighted by atomic mass is 16.5. The molecule has 0 aliphatic heterocycles. The van der Waals surface area contributed by atoms with Gasteiger partial charge in [0.05, 0.1) is 5.56 Å². The molecule has 0 fully saturated rings. The SMILES string of the molecule is CC(=O)c1ccc(NC(=O)C(C)OC(=O)c2cccc(C)c2C)cc1. The predicted molar refractivity (Wildman–Crippen MR) is 95.9 cm³/mol. The van der Waals surface area contributed by atoms with Crippen LogP contribution in [-0.4, -0.2) is 23.8 Å². The van der Waals surface area contributed by atoms with Gasteiger partial charge >= 0.3 is 5.97 Å². The quantitative estimate of drug-likeness (QED) is 0.666. The predicted octanol–water partition coefficient (Wildman–Crippen LogP) is 3.69. The van der Waals surface area contributed by atoms with Crippen molar-refractivity contribution < 1.29 is 19.1 Å². The zero-order valence-corrected chi connectivity index (χ0v) is 14.8. The Morgan fingerprint density at radius 2 is 1.64 bits per heavy atom. The van der Waals surface area contributed by atoms with Crippen molar-refractivity contribution in [1.82, 2.24) is 0 Å². The van der Waals surface area contributed by atoms with E-state index in [4.69, 9.17) is 4.74 Å². The molecule has 2 rings (SSSR count). The van der Waals surface area contributed by atoms with E-state index in [1.165, 1.54) is 13.8 Å². The topological polar surface area (TPSA) is 72.5 Å². The molecule has 1 atom stereocenters. The number of benzene rings is 2. The van der Waals surface area contributed by atoms with E-state index in [-0.39, 0.29) is 5.78 Å². The third kappa shape index (κ3) is 4.53. The van der Waals surface area contributed by atoms with Crippen molar-refractivity contribution >= 4 is 23.3 Å². The molecule has 0 radical (unpaired) electrons. The average Bonchev–Trinajstić information content (AvgIpc) is 2.57. The van der Waals surface area contributed by atoms with Gasteiger partial charge in [0.25, 0.3) is 5.91 Å². The monoisotopic (exact) mass is 339 g/mol. The van der Waals surface area contributed by atoms with Crippen molar-refractivity contribution in [3.8, 4) is 0 Å². The second-order valence-electron chi connectivity index (χ2n) is 5.92. The second-order valence-corrected chi connectivity index (χ2v) is 5.92. The van der Waals surface area contributed by atoms with Gasteiger partial charge in [-0.25, -0.2) is 4.79 Å². The van der Waals surface area contributed by atoms with Gasteiger partial charge in [-0.2, -0.15) is 0 Å². The standard InChI is InChI=1S/C20H21NO4/c1-12-6-5-7-18(13(12)2)20(24)25-15(4)19(23)21-17-10-8-16(9-11-17)14(3)22/h5-11,15H,1-4H3,(H,21,23). The van der Waals surface area contributed by atoms with Crippen LogP contribution < -0.4 is 5.32 Å². The molecule has 25 heavy (non-hydrogen) atoms. The number of anilines is 1. The number of nitrogens with one attached hydrogen (secondary N) is 1. The molecule has 0 saturated heterocycles. The number of ketones is 1. The summed E-state index contributed by atoms with van der Waals surface area (Å²) in [7, 11) is 0. The van der Waals surface area contributed by atoms with E-state index < -0.39 is 18.0 Å². The Morgan fingerprint density at radius 3 is 2.24 bits per heavy atom. The van der Waals surface area contributed by atoms with Crippen molar-refractivity contribution in [3.63, 3.8) is 0 Å². The summed E-state index contributed by atoms with van der Waals surface area (Å²) in [6, 6.07) is 11.9. The molecule has 0 bridgehead atoms. The van der Waals surface area contributed by atoms with Gasteiger partial charge in [-0.3, -0.25) is 9.59 Å². The molecule has 0 aliphatic carbocycles. The average molecular weight is 339 g/mol. The van der Waals surface area contributed by atoms with Crippen molar-refractivity contribution in [3.05, 3.63) is 64.7 Å². The number of Topliss-reactive ketones (excluding diaryl/α,β-unsaturated/α-hetero) is 1. The van der Waals surface area contributed by atoms with E-state index in [2.05, 4.69) is 5.32 Å². The fraction of sp³-hybridized carbons (Fsp3) is 0.250. The lowest BCUT2D eigenvalue weighted by Gasteiger charge is -2.15. The first-order valence-electron chi connectivity index (χ1n) is 7.98. The van der Waals surface area contributed by atoms with Gasteiger partial charge in [0, 0.05) is 11.3 Å². The van der Waals surface area contributed by atoms with Crippen molar-refractivity contribution in [2.75, 3.05) is 5.32 Å². The molecule has 5 heteroatoms. The van der Waals surface area contributed by atoms with Crippen LogP contribution in [0.1, 0.15) is 45.7 Å². The van der Waals surface area contributed by atoms with Crippen molar-refractivity contribution in [2.24, 2.45) is 0 Å². The minimum Gasteiger partial charge on any atom is -0.449 e. The normalized spacial score (nSPS) is 11.5. The number of esters is 1. The minimum absolute atomic E-state index is 0.0475. The maximum Gasteiger partial charge on any atom is 0.339 e. The Bertz CT molecular complexity index is 809. The first-order chi connectivity index (χ1) is 11.8. The first-order valence-corrected chi connectivity index (χ1v) is 7.98. The van der Waals surface area contributed by atoms with Crippen molar-refractivity contribution in [2.45, 2.75) is 33.8 Å². The highest BCUT2D eigenvalue weighted by molar-refractivity contribution is 5.98. The lowest BCUT2D eigenvalue weighted by Crippen LogP contribution is -2.30. The number of aryl methyl sites for hydroxylation is 1. The van der Waals surface area contributed by atoms with Crippen LogP contribution in [0.15, 0.2) is 42.5 Å². The van der Waals surface area contributed by atoms with Crippen LogP contribution in [0.25, 0.3) is 0 Å². The number of hydrogen-bond donors (Lipinski definition) is 1. The molecule has 1 N–H and O–H groups in total. The number of amides is 1. The van der Waals surface area contributed by atoms with Crippen LogP contribution in [0.4, 0.5) is 5.69 Å². The Balaban J connectivity index is 2.01. The molecule has 0 spiro atoms. The molecule has 2 aromatic rings. The van der Waals surface area contributed by atoms with Crippen LogP contribution >= 0.6 is 0 Å². The number of hydrogen-bond acceptors (Lipinski definition) is 4. The summed E-state index contributed by atoms with van der Waals surface area (Å²) in [5.41, 5.74) is 3.36. The molecule has 2 aromatic carbocycles. The first kappa shape index (κ1) is 18.4. The molecule has 0 heterocycles. The molecule has 1 unspecified atom stereocenters. The van der Waals surface area contributed by atoms with Gasteiger partial charge in [-0.05, 0) is 69.2 Å². The maximum atomic E-state index is 12.3. The summed E-state index contributed by atoms with van der Waals surface area (Å²) in [4.78, 5) is 35.7. The van der Waals surface area contributed by atoms with Gasteiger partial charge in [0.1, 0.15) is 0 Å². The van der Waals surface area contributed by atoms with Gasteiger partial charge in [-0.15, -0.1) is 0 Å². The smallest absolute Gasteiger partial charge is 0.339 e. The van der Waals surface area contributed by atoms with Gasteiger partial charge in [-0.1, -0.05) is 12.1 Å². The fourth-order valence-electron chi connectivity index (χ4n) is 2.28. The fourth-order valence-corrected chi connectivity index (χ4v) is 2.28. The molecular formula is C20H21NO4. The van der Waals surface area contributed by atoms with E-state index in [9.17, 15) is 14.4 Å². The number of carbonyl (C=O) groups is 3. The van der Waals surface area contributed by atoms with E-state index in [1.807, 2.05) is 19.9 Å². The van der Waals surface area contributed by atoms with E-state index in [1.54, 1.807) is 36.4 Å². The van der Waals surface area contributed by atoms with Crippen LogP contribution in [0, 0.1) is 13.8 Å². The molecule has 0 aliphatic rings. The summed E-state index contributed by atoms with van der Waals surface area (Å²) in [5.74, 6) is -1.02. The Labute approximate surface area is 147 Å². The van der Waals surface area contributed by atoms with E-state index >= 15 is 0 Å².